The summed E-state index contributed by atoms with van der Waals surface area (Å²) in [6.45, 7) is 1.25. The van der Waals surface area contributed by atoms with E-state index in [9.17, 15) is 4.57 Å². The summed E-state index contributed by atoms with van der Waals surface area (Å²) in [6.07, 6.45) is 5.44. The van der Waals surface area contributed by atoms with Crippen LogP contribution in [-0.2, 0) is 4.57 Å². The van der Waals surface area contributed by atoms with E-state index in [2.05, 4.69) is 5.92 Å². The lowest BCUT2D eigenvalue weighted by Gasteiger charge is -2.24. The molecule has 11 heavy (non-hydrogen) atoms. The van der Waals surface area contributed by atoms with E-state index in [-0.39, 0.29) is 0 Å². The third-order valence-corrected chi connectivity index (χ3v) is 2.00. The zero-order valence-corrected chi connectivity index (χ0v) is 7.84. The summed E-state index contributed by atoms with van der Waals surface area (Å²) in [7, 11) is 1.88. The van der Waals surface area contributed by atoms with Gasteiger partial charge in [0.2, 0.25) is 6.16 Å². The first-order valence-electron chi connectivity index (χ1n) is 3.37. The van der Waals surface area contributed by atoms with Gasteiger partial charge in [0.25, 0.3) is 0 Å². The molecule has 0 spiro atoms. The molecule has 0 rings (SSSR count). The van der Waals surface area contributed by atoms with E-state index >= 15 is 0 Å². The van der Waals surface area contributed by atoms with Crippen molar-refractivity contribution >= 4 is 8.03 Å². The molecule has 62 valence electrons. The van der Waals surface area contributed by atoms with E-state index in [0.717, 1.165) is 0 Å². The summed E-state index contributed by atoms with van der Waals surface area (Å²) in [5, 5.41) is 0. The van der Waals surface area contributed by atoms with Gasteiger partial charge in [-0.15, -0.1) is 6.42 Å². The maximum absolute atomic E-state index is 10.3. The topological polar surface area (TPSA) is 37.3 Å². The smallest absolute Gasteiger partial charge is 0.315 e. The van der Waals surface area contributed by atoms with Crippen LogP contribution < -0.4 is 0 Å². The largest absolute Gasteiger partial charge is 0.511 e. The molecule has 0 saturated carbocycles. The predicted molar refractivity (Wildman–Crippen MR) is 45.4 cm³/mol. The predicted octanol–water partition coefficient (Wildman–Crippen LogP) is 0.431. The molecule has 0 aliphatic carbocycles. The molecule has 0 aromatic rings. The molecule has 4 heteroatoms. The van der Waals surface area contributed by atoms with Crippen molar-refractivity contribution in [3.8, 4) is 12.3 Å². The standard InChI is InChI=1S/C7H13NO2P/c1-4-5-8(2,3)6-7-11(9)10/h1H,5-7H2,2-3H3/q+1/p+1. The van der Waals surface area contributed by atoms with Crippen LogP contribution in [-0.4, -0.2) is 42.7 Å². The van der Waals surface area contributed by atoms with Crippen molar-refractivity contribution in [2.75, 3.05) is 33.3 Å². The van der Waals surface area contributed by atoms with Crippen molar-refractivity contribution in [1.82, 2.24) is 0 Å². The summed E-state index contributed by atoms with van der Waals surface area (Å²) in [4.78, 5) is 8.53. The van der Waals surface area contributed by atoms with Crippen LogP contribution in [0.4, 0.5) is 0 Å². The van der Waals surface area contributed by atoms with Crippen LogP contribution in [0, 0.1) is 12.3 Å². The Bertz CT molecular complexity index is 183. The summed E-state index contributed by atoms with van der Waals surface area (Å²) in [5.41, 5.74) is 0. The molecule has 0 aromatic heterocycles. The molecule has 0 bridgehead atoms. The van der Waals surface area contributed by atoms with Crippen LogP contribution in [0.2, 0.25) is 0 Å². The molecule has 0 aliphatic rings. The van der Waals surface area contributed by atoms with Crippen LogP contribution in [0.15, 0.2) is 0 Å². The first kappa shape index (κ1) is 10.6. The minimum atomic E-state index is -2.01. The fourth-order valence-electron chi connectivity index (χ4n) is 0.682. The van der Waals surface area contributed by atoms with Gasteiger partial charge in [-0.05, 0) is 10.5 Å². The molecule has 0 radical (unpaired) electrons. The lowest BCUT2D eigenvalue weighted by molar-refractivity contribution is -0.880. The highest BCUT2D eigenvalue weighted by atomic mass is 31.1. The van der Waals surface area contributed by atoms with E-state index in [4.69, 9.17) is 11.3 Å². The second kappa shape index (κ2) is 4.46. The number of rotatable bonds is 4. The monoisotopic (exact) mass is 175 g/mol. The molecule has 0 aliphatic heterocycles. The average Bonchev–Trinajstić information content (AvgIpc) is 1.84. The summed E-state index contributed by atoms with van der Waals surface area (Å²) in [5.74, 6) is 2.53. The minimum absolute atomic E-state index is 0.323. The van der Waals surface area contributed by atoms with Crippen molar-refractivity contribution in [2.45, 2.75) is 0 Å². The van der Waals surface area contributed by atoms with Crippen LogP contribution in [0.3, 0.4) is 0 Å². The zero-order valence-electron chi connectivity index (χ0n) is 6.95. The van der Waals surface area contributed by atoms with Gasteiger partial charge in [0.05, 0.1) is 14.1 Å². The normalized spacial score (nSPS) is 12.4. The van der Waals surface area contributed by atoms with Gasteiger partial charge in [0, 0.05) is 0 Å². The molecule has 0 amide bonds. The first-order valence-corrected chi connectivity index (χ1v) is 4.77. The van der Waals surface area contributed by atoms with Gasteiger partial charge in [-0.3, -0.25) is 0 Å². The summed E-state index contributed by atoms with van der Waals surface area (Å²) < 4.78 is 10.9. The van der Waals surface area contributed by atoms with Crippen molar-refractivity contribution in [1.29, 1.82) is 0 Å². The first-order chi connectivity index (χ1) is 4.98. The van der Waals surface area contributed by atoms with Gasteiger partial charge in [-0.2, -0.15) is 4.89 Å². The molecule has 1 atom stereocenters. The minimum Gasteiger partial charge on any atom is -0.315 e. The maximum Gasteiger partial charge on any atom is 0.511 e. The van der Waals surface area contributed by atoms with E-state index in [0.29, 0.717) is 23.7 Å². The van der Waals surface area contributed by atoms with Crippen LogP contribution in [0.5, 0.6) is 0 Å². The van der Waals surface area contributed by atoms with Gasteiger partial charge >= 0.3 is 8.03 Å². The van der Waals surface area contributed by atoms with Crippen molar-refractivity contribution in [3.63, 3.8) is 0 Å². The van der Waals surface area contributed by atoms with Gasteiger partial charge in [-0.25, -0.2) is 0 Å². The Morgan fingerprint density at radius 3 is 2.55 bits per heavy atom. The molecule has 3 nitrogen and oxygen atoms in total. The van der Waals surface area contributed by atoms with Gasteiger partial charge in [0.15, 0.2) is 0 Å². The SMILES string of the molecule is C#CC[N+](C)(C)CC[P+](=O)O. The quantitative estimate of drug-likeness (QED) is 0.382. The molecule has 0 fully saturated rings. The highest BCUT2D eigenvalue weighted by molar-refractivity contribution is 7.38. The van der Waals surface area contributed by atoms with Crippen LogP contribution >= 0.6 is 8.03 Å². The highest BCUT2D eigenvalue weighted by Gasteiger charge is 2.20. The molecule has 0 heterocycles. The molecule has 0 saturated heterocycles. The second-order valence-corrected chi connectivity index (χ2v) is 4.25. The van der Waals surface area contributed by atoms with E-state index in [1.165, 1.54) is 0 Å². The maximum atomic E-state index is 10.3. The molecule has 0 aromatic carbocycles. The fraction of sp³-hybridized carbons (Fsp3) is 0.714. The van der Waals surface area contributed by atoms with Gasteiger partial charge in [0.1, 0.15) is 13.1 Å². The number of hydrogen-bond donors (Lipinski definition) is 1. The second-order valence-electron chi connectivity index (χ2n) is 3.10. The highest BCUT2D eigenvalue weighted by Crippen LogP contribution is 2.13. The van der Waals surface area contributed by atoms with Crippen LogP contribution in [0.1, 0.15) is 0 Å². The molecular weight excluding hydrogens is 161 g/mol. The van der Waals surface area contributed by atoms with Gasteiger partial charge in [-0.1, -0.05) is 0 Å². The third kappa shape index (κ3) is 6.00. The molecular formula is C7H14NO2P+2. The number of nitrogens with zero attached hydrogens (tertiary/aromatic N) is 1. The lowest BCUT2D eigenvalue weighted by Crippen LogP contribution is -2.41. The third-order valence-electron chi connectivity index (χ3n) is 1.42. The van der Waals surface area contributed by atoms with Crippen molar-refractivity contribution in [2.24, 2.45) is 0 Å². The Balaban J connectivity index is 3.74. The number of terminal acetylenes is 1. The molecule has 1 unspecified atom stereocenters. The number of hydrogen-bond acceptors (Lipinski definition) is 1. The lowest BCUT2D eigenvalue weighted by atomic mass is 10.4. The average molecular weight is 175 g/mol. The summed E-state index contributed by atoms with van der Waals surface area (Å²) in [6, 6.07) is 0. The van der Waals surface area contributed by atoms with Crippen molar-refractivity contribution in [3.05, 3.63) is 0 Å². The van der Waals surface area contributed by atoms with Crippen molar-refractivity contribution < 1.29 is 13.9 Å². The van der Waals surface area contributed by atoms with Gasteiger partial charge < -0.3 is 4.48 Å². The molecule has 1 N–H and O–H groups in total. The van der Waals surface area contributed by atoms with Crippen LogP contribution in [0.25, 0.3) is 0 Å². The van der Waals surface area contributed by atoms with E-state index < -0.39 is 8.03 Å². The Hall–Kier alpha value is -0.420. The number of quaternary nitrogens is 1. The Labute approximate surface area is 68.5 Å². The fourth-order valence-corrected chi connectivity index (χ4v) is 1.39. The zero-order chi connectivity index (χ0) is 8.91. The van der Waals surface area contributed by atoms with E-state index in [1.807, 2.05) is 14.1 Å². The van der Waals surface area contributed by atoms with E-state index in [1.54, 1.807) is 0 Å². The Morgan fingerprint density at radius 2 is 2.18 bits per heavy atom. The Kier molecular flexibility index (Phi) is 4.29. The summed E-state index contributed by atoms with van der Waals surface area (Å²) >= 11 is 0. The Morgan fingerprint density at radius 1 is 1.64 bits per heavy atom.